The molecule has 1 aliphatic carbocycles. The molecule has 19 heteroatoms. The highest BCUT2D eigenvalue weighted by molar-refractivity contribution is 6.33. The lowest BCUT2D eigenvalue weighted by Gasteiger charge is -2.39. The number of nitrogens with zero attached hydrogens (tertiary/aromatic N) is 7. The third-order valence-electron chi connectivity index (χ3n) is 9.52. The van der Waals surface area contributed by atoms with Gasteiger partial charge in [-0.1, -0.05) is 17.7 Å². The van der Waals surface area contributed by atoms with Gasteiger partial charge in [0.15, 0.2) is 17.3 Å². The van der Waals surface area contributed by atoms with Crippen LogP contribution < -0.4 is 10.9 Å². The second-order valence-corrected chi connectivity index (χ2v) is 13.1. The predicted molar refractivity (Wildman–Crippen MR) is 170 cm³/mol. The van der Waals surface area contributed by atoms with Gasteiger partial charge >= 0.3 is 6.18 Å². The molecule has 2 N–H and O–H groups in total. The number of halogens is 6. The molecule has 1 saturated heterocycles. The SMILES string of the molecule is Cc1ncnc(C(=O)N2CCC3(CC2)CC(F)(F)c2c3c(=O)n3nc(C4=CCOCC4)nc3n2CC(=O)Nc2ccc(C(F)(F)F)cc2Cl)c1O. The number of fused-ring (bicyclic) bond motifs is 3. The fraction of sp³-hybridized carbons (Fsp3) is 0.406. The molecule has 268 valence electrons. The van der Waals surface area contributed by atoms with Crippen molar-refractivity contribution in [2.24, 2.45) is 0 Å². The van der Waals surface area contributed by atoms with E-state index in [9.17, 15) is 32.7 Å². The lowest BCUT2D eigenvalue weighted by molar-refractivity contribution is -0.137. The molecular formula is C32H28ClF5N8O5. The number of rotatable bonds is 5. The highest BCUT2D eigenvalue weighted by Crippen LogP contribution is 2.55. The Morgan fingerprint density at radius 2 is 1.90 bits per heavy atom. The fourth-order valence-corrected chi connectivity index (χ4v) is 7.22. The summed E-state index contributed by atoms with van der Waals surface area (Å²) >= 11 is 6.04. The first-order chi connectivity index (χ1) is 24.1. The molecule has 1 spiro atoms. The largest absolute Gasteiger partial charge is 0.504 e. The molecular weight excluding hydrogens is 707 g/mol. The number of carbonyl (C=O) groups is 2. The normalized spacial score (nSPS) is 18.2. The summed E-state index contributed by atoms with van der Waals surface area (Å²) in [7, 11) is 0. The molecule has 13 nitrogen and oxygen atoms in total. The number of anilines is 1. The second kappa shape index (κ2) is 12.4. The third kappa shape index (κ3) is 5.98. The molecule has 5 heterocycles. The van der Waals surface area contributed by atoms with Crippen LogP contribution in [0.3, 0.4) is 0 Å². The Hall–Kier alpha value is -4.97. The number of hydrogen-bond donors (Lipinski definition) is 2. The summed E-state index contributed by atoms with van der Waals surface area (Å²) in [5.74, 6) is -5.87. The van der Waals surface area contributed by atoms with E-state index in [1.807, 2.05) is 0 Å². The minimum absolute atomic E-state index is 0.0588. The Bertz CT molecular complexity index is 2190. The van der Waals surface area contributed by atoms with Crippen molar-refractivity contribution >= 4 is 40.5 Å². The van der Waals surface area contributed by atoms with Crippen LogP contribution in [-0.2, 0) is 33.6 Å². The molecule has 0 atom stereocenters. The molecule has 1 aromatic carbocycles. The summed E-state index contributed by atoms with van der Waals surface area (Å²) in [5.41, 5.74) is -4.00. The van der Waals surface area contributed by atoms with Crippen LogP contribution in [0.5, 0.6) is 5.75 Å². The predicted octanol–water partition coefficient (Wildman–Crippen LogP) is 4.48. The zero-order chi connectivity index (χ0) is 36.5. The van der Waals surface area contributed by atoms with Crippen LogP contribution in [0.2, 0.25) is 5.02 Å². The van der Waals surface area contributed by atoms with Crippen molar-refractivity contribution in [3.8, 4) is 5.75 Å². The zero-order valence-corrected chi connectivity index (χ0v) is 27.5. The summed E-state index contributed by atoms with van der Waals surface area (Å²) in [5, 5.41) is 16.7. The molecule has 0 radical (unpaired) electrons. The van der Waals surface area contributed by atoms with Crippen LogP contribution in [0.4, 0.5) is 27.6 Å². The Morgan fingerprint density at radius 3 is 2.57 bits per heavy atom. The molecule has 0 saturated carbocycles. The van der Waals surface area contributed by atoms with Crippen LogP contribution in [0.1, 0.15) is 64.5 Å². The highest BCUT2D eigenvalue weighted by Gasteiger charge is 2.59. The molecule has 51 heavy (non-hydrogen) atoms. The van der Waals surface area contributed by atoms with E-state index in [0.717, 1.165) is 21.5 Å². The van der Waals surface area contributed by atoms with Gasteiger partial charge in [0.1, 0.15) is 18.6 Å². The number of alkyl halides is 5. The zero-order valence-electron chi connectivity index (χ0n) is 26.7. The molecule has 7 rings (SSSR count). The number of benzene rings is 1. The molecule has 2 aliphatic heterocycles. The van der Waals surface area contributed by atoms with Crippen molar-refractivity contribution in [1.29, 1.82) is 0 Å². The van der Waals surface area contributed by atoms with Crippen LogP contribution in [0.15, 0.2) is 35.4 Å². The first-order valence-electron chi connectivity index (χ1n) is 15.8. The molecule has 1 fully saturated rings. The second-order valence-electron chi connectivity index (χ2n) is 12.7. The number of carbonyl (C=O) groups excluding carboxylic acids is 2. The number of aromatic nitrogens is 6. The maximum absolute atomic E-state index is 16.4. The van der Waals surface area contributed by atoms with Crippen molar-refractivity contribution < 1.29 is 41.4 Å². The van der Waals surface area contributed by atoms with Crippen LogP contribution in [0.25, 0.3) is 11.4 Å². The van der Waals surface area contributed by atoms with Crippen molar-refractivity contribution in [1.82, 2.24) is 34.0 Å². The van der Waals surface area contributed by atoms with Gasteiger partial charge in [-0.2, -0.15) is 31.5 Å². The van der Waals surface area contributed by atoms with Gasteiger partial charge in [-0.05, 0) is 50.0 Å². The van der Waals surface area contributed by atoms with Crippen molar-refractivity contribution in [2.45, 2.75) is 56.7 Å². The van der Waals surface area contributed by atoms with Crippen LogP contribution in [-0.4, -0.2) is 77.3 Å². The molecule has 3 aliphatic rings. The maximum atomic E-state index is 16.4. The van der Waals surface area contributed by atoms with Gasteiger partial charge in [0.05, 0.1) is 40.7 Å². The molecule has 3 aromatic heterocycles. The number of aryl methyl sites for hydroxylation is 1. The van der Waals surface area contributed by atoms with Gasteiger partial charge in [-0.25, -0.2) is 9.97 Å². The van der Waals surface area contributed by atoms with Gasteiger partial charge in [0.25, 0.3) is 17.4 Å². The van der Waals surface area contributed by atoms with Gasteiger partial charge in [0.2, 0.25) is 11.7 Å². The lowest BCUT2D eigenvalue weighted by Crippen LogP contribution is -2.47. The fourth-order valence-electron chi connectivity index (χ4n) is 6.99. The number of likely N-dealkylation sites (tertiary alicyclic amines) is 1. The highest BCUT2D eigenvalue weighted by atomic mass is 35.5. The summed E-state index contributed by atoms with van der Waals surface area (Å²) in [6, 6.07) is 2.29. The van der Waals surface area contributed by atoms with Crippen molar-refractivity contribution in [3.63, 3.8) is 0 Å². The average Bonchev–Trinajstić information content (AvgIpc) is 3.63. The topological polar surface area (TPSA) is 157 Å². The van der Waals surface area contributed by atoms with Crippen molar-refractivity contribution in [2.75, 3.05) is 31.6 Å². The number of nitrogens with one attached hydrogen (secondary N) is 1. The van der Waals surface area contributed by atoms with Crippen LogP contribution in [0, 0.1) is 6.92 Å². The molecule has 0 unspecified atom stereocenters. The quantitative estimate of drug-likeness (QED) is 0.282. The number of ether oxygens (including phenoxy) is 1. The van der Waals surface area contributed by atoms with E-state index in [4.69, 9.17) is 16.3 Å². The molecule has 0 bridgehead atoms. The first kappa shape index (κ1) is 34.5. The first-order valence-corrected chi connectivity index (χ1v) is 16.1. The molecule has 2 amide bonds. The number of aromatic hydroxyl groups is 1. The number of hydrogen-bond acceptors (Lipinski definition) is 9. The van der Waals surface area contributed by atoms with Gasteiger partial charge in [-0.15, -0.1) is 5.10 Å². The van der Waals surface area contributed by atoms with Crippen LogP contribution >= 0.6 is 11.6 Å². The number of piperidine rings is 1. The smallest absolute Gasteiger partial charge is 0.416 e. The van der Waals surface area contributed by atoms with E-state index >= 15 is 8.78 Å². The van der Waals surface area contributed by atoms with Gasteiger partial charge in [0, 0.05) is 24.9 Å². The minimum Gasteiger partial charge on any atom is -0.504 e. The van der Waals surface area contributed by atoms with E-state index in [-0.39, 0.29) is 66.8 Å². The standard InChI is InChI=1S/C32H28ClF5N8O5/c1-16-24(48)23(40-15-39-16)28(50)44-8-6-30(7-9-44)14-31(34,35)25-22(30)27(49)46-29(42-26(43-46)17-4-10-51-11-5-17)45(25)13-21(47)41-20-3-2-18(12-19(20)33)32(36,37)38/h2-4,12,15,48H,5-11,13-14H2,1H3,(H,41,47). The third-order valence-corrected chi connectivity index (χ3v) is 9.83. The summed E-state index contributed by atoms with van der Waals surface area (Å²) in [6.45, 7) is 1.13. The Labute approximate surface area is 289 Å². The molecule has 4 aromatic rings. The summed E-state index contributed by atoms with van der Waals surface area (Å²) < 4.78 is 79.4. The van der Waals surface area contributed by atoms with Gasteiger partial charge < -0.3 is 20.1 Å². The average molecular weight is 735 g/mol. The Morgan fingerprint density at radius 1 is 1.16 bits per heavy atom. The van der Waals surface area contributed by atoms with E-state index < -0.39 is 69.9 Å². The van der Waals surface area contributed by atoms with Gasteiger partial charge in [-0.3, -0.25) is 19.0 Å². The van der Waals surface area contributed by atoms with E-state index in [0.29, 0.717) is 30.7 Å². The van der Waals surface area contributed by atoms with E-state index in [1.165, 1.54) is 11.8 Å². The minimum atomic E-state index is -4.69. The monoisotopic (exact) mass is 734 g/mol. The van der Waals surface area contributed by atoms with E-state index in [1.54, 1.807) is 6.08 Å². The number of amides is 2. The summed E-state index contributed by atoms with van der Waals surface area (Å²) in [4.78, 5) is 54.4. The van der Waals surface area contributed by atoms with E-state index in [2.05, 4.69) is 25.4 Å². The Kier molecular flexibility index (Phi) is 8.36. The lowest BCUT2D eigenvalue weighted by atomic mass is 9.74. The van der Waals surface area contributed by atoms with Crippen molar-refractivity contribution in [3.05, 3.63) is 80.0 Å². The maximum Gasteiger partial charge on any atom is 0.416 e. The Balaban J connectivity index is 1.29. The summed E-state index contributed by atoms with van der Waals surface area (Å²) in [6.07, 6.45) is -2.43.